The van der Waals surface area contributed by atoms with Crippen molar-refractivity contribution in [2.24, 2.45) is 0 Å². The predicted octanol–water partition coefficient (Wildman–Crippen LogP) is 2.46. The minimum absolute atomic E-state index is 0.228. The second-order valence-corrected chi connectivity index (χ2v) is 4.44. The largest absolute Gasteiger partial charge is 0.496 e. The smallest absolute Gasteiger partial charge is 0.336 e. The summed E-state index contributed by atoms with van der Waals surface area (Å²) >= 11 is 0. The second-order valence-electron chi connectivity index (χ2n) is 4.44. The van der Waals surface area contributed by atoms with E-state index in [2.05, 4.69) is 0 Å². The van der Waals surface area contributed by atoms with E-state index < -0.39 is 10.9 Å². The summed E-state index contributed by atoms with van der Waals surface area (Å²) in [5.74, 6) is -0.920. The molecular weight excluding hydrogens is 290 g/mol. The molecule has 0 aliphatic heterocycles. The first-order valence-electron chi connectivity index (χ1n) is 6.28. The molecule has 0 amide bonds. The van der Waals surface area contributed by atoms with Crippen molar-refractivity contribution in [3.8, 4) is 16.9 Å². The Hall–Kier alpha value is -2.93. The van der Waals surface area contributed by atoms with Crippen LogP contribution in [0.3, 0.4) is 0 Å². The number of rotatable bonds is 5. The maximum atomic E-state index is 11.4. The number of methoxy groups -OCH3 is 1. The van der Waals surface area contributed by atoms with Gasteiger partial charge in [0.15, 0.2) is 0 Å². The molecule has 0 aliphatic rings. The zero-order valence-electron chi connectivity index (χ0n) is 11.6. The van der Waals surface area contributed by atoms with Gasteiger partial charge in [-0.25, -0.2) is 4.79 Å². The number of non-ortho nitro benzene ring substituents is 1. The molecule has 22 heavy (non-hydrogen) atoms. The van der Waals surface area contributed by atoms with Crippen LogP contribution in [0, 0.1) is 10.1 Å². The van der Waals surface area contributed by atoms with Crippen molar-refractivity contribution in [2.45, 2.75) is 6.61 Å². The molecule has 0 aliphatic carbocycles. The summed E-state index contributed by atoms with van der Waals surface area (Å²) < 4.78 is 5.22. The van der Waals surface area contributed by atoms with E-state index >= 15 is 0 Å². The molecule has 2 aromatic rings. The number of benzene rings is 2. The Morgan fingerprint density at radius 1 is 1.32 bits per heavy atom. The highest BCUT2D eigenvalue weighted by Crippen LogP contribution is 2.37. The first-order valence-corrected chi connectivity index (χ1v) is 6.28. The van der Waals surface area contributed by atoms with Crippen LogP contribution in [0.1, 0.15) is 15.9 Å². The van der Waals surface area contributed by atoms with Gasteiger partial charge in [0, 0.05) is 23.3 Å². The molecule has 7 nitrogen and oxygen atoms in total. The lowest BCUT2D eigenvalue weighted by molar-refractivity contribution is -0.384. The minimum Gasteiger partial charge on any atom is -0.496 e. The molecule has 0 saturated heterocycles. The third-order valence-corrected chi connectivity index (χ3v) is 3.22. The zero-order valence-corrected chi connectivity index (χ0v) is 11.6. The fraction of sp³-hybridized carbons (Fsp3) is 0.133. The molecule has 0 unspecified atom stereocenters. The van der Waals surface area contributed by atoms with Gasteiger partial charge in [-0.05, 0) is 17.7 Å². The number of aromatic carboxylic acids is 1. The molecule has 2 N–H and O–H groups in total. The molecule has 2 aromatic carbocycles. The third-order valence-electron chi connectivity index (χ3n) is 3.22. The third kappa shape index (κ3) is 2.75. The summed E-state index contributed by atoms with van der Waals surface area (Å²) in [4.78, 5) is 21.6. The lowest BCUT2D eigenvalue weighted by Crippen LogP contribution is -2.04. The van der Waals surface area contributed by atoms with Gasteiger partial charge in [-0.15, -0.1) is 0 Å². The average Bonchev–Trinajstić information content (AvgIpc) is 2.53. The molecule has 0 heterocycles. The first-order chi connectivity index (χ1) is 10.5. The van der Waals surface area contributed by atoms with E-state index in [4.69, 9.17) is 4.74 Å². The summed E-state index contributed by atoms with van der Waals surface area (Å²) in [5.41, 5.74) is 0.574. The molecule has 0 spiro atoms. The number of nitrogens with zero attached hydrogens (tertiary/aromatic N) is 1. The van der Waals surface area contributed by atoms with Crippen molar-refractivity contribution in [2.75, 3.05) is 7.11 Å². The molecule has 114 valence electrons. The van der Waals surface area contributed by atoms with Gasteiger partial charge in [0.25, 0.3) is 5.69 Å². The Kier molecular flexibility index (Phi) is 4.38. The van der Waals surface area contributed by atoms with E-state index in [1.165, 1.54) is 19.2 Å². The van der Waals surface area contributed by atoms with Crippen LogP contribution >= 0.6 is 0 Å². The van der Waals surface area contributed by atoms with Crippen LogP contribution in [0.4, 0.5) is 5.69 Å². The summed E-state index contributed by atoms with van der Waals surface area (Å²) in [5, 5.41) is 29.6. The monoisotopic (exact) mass is 303 g/mol. The number of carbonyl (C=O) groups is 1. The minimum atomic E-state index is -1.30. The van der Waals surface area contributed by atoms with Gasteiger partial charge in [0.05, 0.1) is 24.2 Å². The van der Waals surface area contributed by atoms with Gasteiger partial charge in [0.2, 0.25) is 0 Å². The van der Waals surface area contributed by atoms with Gasteiger partial charge >= 0.3 is 5.97 Å². The van der Waals surface area contributed by atoms with E-state index in [0.29, 0.717) is 16.9 Å². The van der Waals surface area contributed by atoms with Crippen LogP contribution in [0.5, 0.6) is 5.75 Å². The number of nitro groups is 1. The Morgan fingerprint density at radius 3 is 2.59 bits per heavy atom. The second kappa shape index (κ2) is 6.23. The Morgan fingerprint density at radius 2 is 2.05 bits per heavy atom. The number of ether oxygens (including phenoxy) is 1. The van der Waals surface area contributed by atoms with Crippen LogP contribution in [0.15, 0.2) is 36.4 Å². The number of hydrogen-bond acceptors (Lipinski definition) is 5. The molecule has 2 rings (SSSR count). The highest BCUT2D eigenvalue weighted by molar-refractivity contribution is 5.98. The summed E-state index contributed by atoms with van der Waals surface area (Å²) in [6, 6.07) is 8.48. The SMILES string of the molecule is COc1cccc(CO)c1-c1ccc([N+](=O)[O-])cc1C(=O)O. The van der Waals surface area contributed by atoms with Crippen LogP contribution in [0.25, 0.3) is 11.1 Å². The average molecular weight is 303 g/mol. The quantitative estimate of drug-likeness (QED) is 0.648. The van der Waals surface area contributed by atoms with E-state index in [1.807, 2.05) is 0 Å². The molecular formula is C15H13NO6. The molecule has 0 fully saturated rings. The molecule has 7 heteroatoms. The number of carboxylic acid groups (broad SMARTS) is 1. The highest BCUT2D eigenvalue weighted by atomic mass is 16.6. The Labute approximate surface area is 125 Å². The summed E-state index contributed by atoms with van der Waals surface area (Å²) in [7, 11) is 1.42. The molecule has 0 atom stereocenters. The lowest BCUT2D eigenvalue weighted by atomic mass is 9.94. The number of hydrogen-bond donors (Lipinski definition) is 2. The van der Waals surface area contributed by atoms with E-state index in [0.717, 1.165) is 6.07 Å². The molecule has 0 aromatic heterocycles. The topological polar surface area (TPSA) is 110 Å². The molecule has 0 radical (unpaired) electrons. The molecule has 0 bridgehead atoms. The van der Waals surface area contributed by atoms with Crippen molar-refractivity contribution in [3.05, 3.63) is 57.6 Å². The normalized spacial score (nSPS) is 10.3. The van der Waals surface area contributed by atoms with Gasteiger partial charge in [0.1, 0.15) is 5.75 Å². The van der Waals surface area contributed by atoms with Gasteiger partial charge in [-0.1, -0.05) is 12.1 Å². The van der Waals surface area contributed by atoms with Crippen LogP contribution in [-0.4, -0.2) is 28.2 Å². The van der Waals surface area contributed by atoms with E-state index in [9.17, 15) is 25.1 Å². The van der Waals surface area contributed by atoms with Crippen LogP contribution in [-0.2, 0) is 6.61 Å². The van der Waals surface area contributed by atoms with Gasteiger partial charge in [-0.3, -0.25) is 10.1 Å². The van der Waals surface area contributed by atoms with Crippen molar-refractivity contribution < 1.29 is 24.7 Å². The lowest BCUT2D eigenvalue weighted by Gasteiger charge is -2.14. The van der Waals surface area contributed by atoms with Crippen molar-refractivity contribution in [1.29, 1.82) is 0 Å². The van der Waals surface area contributed by atoms with Crippen molar-refractivity contribution in [1.82, 2.24) is 0 Å². The number of carboxylic acids is 1. The zero-order chi connectivity index (χ0) is 16.3. The van der Waals surface area contributed by atoms with Crippen LogP contribution < -0.4 is 4.74 Å². The van der Waals surface area contributed by atoms with Gasteiger partial charge < -0.3 is 14.9 Å². The van der Waals surface area contributed by atoms with E-state index in [-0.39, 0.29) is 23.4 Å². The number of aliphatic hydroxyl groups excluding tert-OH is 1. The first kappa shape index (κ1) is 15.5. The van der Waals surface area contributed by atoms with E-state index in [1.54, 1.807) is 18.2 Å². The maximum absolute atomic E-state index is 11.4. The fourth-order valence-electron chi connectivity index (χ4n) is 2.22. The Bertz CT molecular complexity index is 719. The fourth-order valence-corrected chi connectivity index (χ4v) is 2.22. The summed E-state index contributed by atoms with van der Waals surface area (Å²) in [6.45, 7) is -0.317. The highest BCUT2D eigenvalue weighted by Gasteiger charge is 2.21. The Balaban J connectivity index is 2.77. The molecule has 0 saturated carbocycles. The summed E-state index contributed by atoms with van der Waals surface area (Å²) in [6.07, 6.45) is 0. The standard InChI is InChI=1S/C15H13NO6/c1-22-13-4-2-3-9(8-17)14(13)11-6-5-10(16(20)21)7-12(11)15(18)19/h2-7,17H,8H2,1H3,(H,18,19). The number of aliphatic hydroxyl groups is 1. The van der Waals surface area contributed by atoms with Crippen LogP contribution in [0.2, 0.25) is 0 Å². The van der Waals surface area contributed by atoms with Gasteiger partial charge in [-0.2, -0.15) is 0 Å². The van der Waals surface area contributed by atoms with Crippen molar-refractivity contribution in [3.63, 3.8) is 0 Å². The van der Waals surface area contributed by atoms with Crippen molar-refractivity contribution >= 4 is 11.7 Å². The maximum Gasteiger partial charge on any atom is 0.336 e. The number of nitro benzene ring substituents is 1. The predicted molar refractivity (Wildman–Crippen MR) is 78.0 cm³/mol.